The van der Waals surface area contributed by atoms with Crippen molar-refractivity contribution >= 4 is 45.1 Å². The summed E-state index contributed by atoms with van der Waals surface area (Å²) in [6.07, 6.45) is 10.5. The van der Waals surface area contributed by atoms with Crippen LogP contribution in [0.1, 0.15) is 50.5 Å². The van der Waals surface area contributed by atoms with Gasteiger partial charge in [-0.3, -0.25) is 9.38 Å². The van der Waals surface area contributed by atoms with Crippen molar-refractivity contribution < 1.29 is 4.79 Å². The molecule has 208 valence electrons. The molecule has 5 N–H and O–H groups in total. The van der Waals surface area contributed by atoms with Crippen LogP contribution in [0.2, 0.25) is 0 Å². The van der Waals surface area contributed by atoms with E-state index in [2.05, 4.69) is 50.2 Å². The largest absolute Gasteiger partial charge is 0.382 e. The monoisotopic (exact) mass is 546 g/mol. The Kier molecular flexibility index (Phi) is 7.11. The maximum absolute atomic E-state index is 12.8. The molecule has 1 unspecified atom stereocenters. The summed E-state index contributed by atoms with van der Waals surface area (Å²) in [6.45, 7) is 4.30. The van der Waals surface area contributed by atoms with Crippen molar-refractivity contribution in [2.24, 2.45) is 0 Å². The minimum absolute atomic E-state index is 0.162. The van der Waals surface area contributed by atoms with Crippen LogP contribution in [0.15, 0.2) is 73.2 Å². The molecular formula is C32H34N8O. The average Bonchev–Trinajstić information content (AvgIpc) is 3.40. The SMILES string of the molecule is CNC1CC=C(c2cnc(N)c3c(-c4ccc(NC(=O)Nc5ccncc5)c5ccccc45)nc(C(C)C)n23)CC1. The van der Waals surface area contributed by atoms with E-state index >= 15 is 0 Å². The number of amides is 2. The van der Waals surface area contributed by atoms with Gasteiger partial charge in [-0.05, 0) is 55.5 Å². The summed E-state index contributed by atoms with van der Waals surface area (Å²) in [5.41, 5.74) is 12.8. The molecule has 1 atom stereocenters. The molecular weight excluding hydrogens is 512 g/mol. The third kappa shape index (κ3) is 5.00. The standard InChI is InChI=1S/C32H34N8O/c1-19(2)31-39-28(29-30(33)36-18-27(40(29)31)20-8-10-21(34-3)11-9-20)25-12-13-26(24-7-5-4-6-23(24)25)38-32(41)37-22-14-16-35-17-15-22/h4-8,12-19,21,34H,9-11H2,1-3H3,(H2,33,36)(H2,35,37,38,41). The van der Waals surface area contributed by atoms with E-state index in [-0.39, 0.29) is 11.9 Å². The van der Waals surface area contributed by atoms with Crippen LogP contribution in [0.4, 0.5) is 22.0 Å². The van der Waals surface area contributed by atoms with Crippen molar-refractivity contribution in [1.82, 2.24) is 24.7 Å². The van der Waals surface area contributed by atoms with Crippen molar-refractivity contribution in [1.29, 1.82) is 0 Å². The topological polar surface area (TPSA) is 122 Å². The van der Waals surface area contributed by atoms with Gasteiger partial charge in [-0.1, -0.05) is 50.3 Å². The zero-order chi connectivity index (χ0) is 28.5. The second-order valence-corrected chi connectivity index (χ2v) is 10.7. The summed E-state index contributed by atoms with van der Waals surface area (Å²) < 4.78 is 2.21. The number of pyridine rings is 1. The van der Waals surface area contributed by atoms with E-state index in [1.165, 1.54) is 5.57 Å². The number of benzene rings is 2. The lowest BCUT2D eigenvalue weighted by Gasteiger charge is -2.22. The average molecular weight is 547 g/mol. The Labute approximate surface area is 238 Å². The maximum Gasteiger partial charge on any atom is 0.323 e. The number of anilines is 3. The molecule has 0 saturated heterocycles. The summed E-state index contributed by atoms with van der Waals surface area (Å²) in [5, 5.41) is 11.1. The van der Waals surface area contributed by atoms with Gasteiger partial charge in [0.05, 0.1) is 17.6 Å². The van der Waals surface area contributed by atoms with E-state index in [1.807, 2.05) is 49.6 Å². The highest BCUT2D eigenvalue weighted by Gasteiger charge is 2.25. The Morgan fingerprint density at radius 2 is 1.83 bits per heavy atom. The predicted octanol–water partition coefficient (Wildman–Crippen LogP) is 6.45. The molecule has 0 spiro atoms. The quantitative estimate of drug-likeness (QED) is 0.194. The number of nitrogens with one attached hydrogen (secondary N) is 3. The minimum atomic E-state index is -0.331. The Morgan fingerprint density at radius 3 is 2.54 bits per heavy atom. The van der Waals surface area contributed by atoms with Crippen LogP contribution >= 0.6 is 0 Å². The molecule has 3 aromatic heterocycles. The molecule has 1 aliphatic rings. The second-order valence-electron chi connectivity index (χ2n) is 10.7. The molecule has 6 rings (SSSR count). The molecule has 0 aliphatic heterocycles. The minimum Gasteiger partial charge on any atom is -0.382 e. The van der Waals surface area contributed by atoms with Gasteiger partial charge in [0.1, 0.15) is 22.9 Å². The van der Waals surface area contributed by atoms with E-state index < -0.39 is 0 Å². The molecule has 0 bridgehead atoms. The van der Waals surface area contributed by atoms with Crippen LogP contribution in [0.25, 0.3) is 33.1 Å². The van der Waals surface area contributed by atoms with Gasteiger partial charge in [0.25, 0.3) is 0 Å². The lowest BCUT2D eigenvalue weighted by atomic mass is 9.93. The molecule has 0 fully saturated rings. The number of urea groups is 1. The van der Waals surface area contributed by atoms with Crippen LogP contribution in [0, 0.1) is 0 Å². The highest BCUT2D eigenvalue weighted by molar-refractivity contribution is 6.11. The van der Waals surface area contributed by atoms with Crippen LogP contribution < -0.4 is 21.7 Å². The lowest BCUT2D eigenvalue weighted by Crippen LogP contribution is -2.26. The first-order valence-electron chi connectivity index (χ1n) is 14.0. The van der Waals surface area contributed by atoms with E-state index in [4.69, 9.17) is 10.7 Å². The third-order valence-corrected chi connectivity index (χ3v) is 7.74. The number of nitrogens with zero attached hydrogens (tertiary/aromatic N) is 4. The zero-order valence-corrected chi connectivity index (χ0v) is 23.5. The number of fused-ring (bicyclic) bond motifs is 2. The summed E-state index contributed by atoms with van der Waals surface area (Å²) >= 11 is 0. The molecule has 2 aromatic carbocycles. The van der Waals surface area contributed by atoms with Crippen molar-refractivity contribution in [3.63, 3.8) is 0 Å². The van der Waals surface area contributed by atoms with Gasteiger partial charge in [-0.25, -0.2) is 14.8 Å². The van der Waals surface area contributed by atoms with Gasteiger partial charge >= 0.3 is 6.03 Å². The van der Waals surface area contributed by atoms with E-state index in [9.17, 15) is 4.79 Å². The smallest absolute Gasteiger partial charge is 0.323 e. The molecule has 1 aliphatic carbocycles. The first kappa shape index (κ1) is 26.5. The van der Waals surface area contributed by atoms with Gasteiger partial charge < -0.3 is 21.7 Å². The number of nitrogens with two attached hydrogens (primary N) is 1. The second kappa shape index (κ2) is 11.0. The van der Waals surface area contributed by atoms with Gasteiger partial charge in [-0.2, -0.15) is 0 Å². The number of carbonyl (C=O) groups is 1. The van der Waals surface area contributed by atoms with Crippen LogP contribution in [-0.4, -0.2) is 38.5 Å². The number of allylic oxidation sites excluding steroid dienone is 1. The Bertz CT molecular complexity index is 1770. The maximum atomic E-state index is 12.8. The fourth-order valence-electron chi connectivity index (χ4n) is 5.63. The molecule has 9 nitrogen and oxygen atoms in total. The third-order valence-electron chi connectivity index (χ3n) is 7.74. The van der Waals surface area contributed by atoms with Crippen LogP contribution in [0.3, 0.4) is 0 Å². The van der Waals surface area contributed by atoms with E-state index in [1.54, 1.807) is 24.5 Å². The first-order chi connectivity index (χ1) is 19.9. The van der Waals surface area contributed by atoms with Gasteiger partial charge in [0.2, 0.25) is 0 Å². The molecule has 9 heteroatoms. The number of imidazole rings is 1. The van der Waals surface area contributed by atoms with E-state index in [0.29, 0.717) is 23.2 Å². The number of nitrogen functional groups attached to an aromatic ring is 1. The Hall–Kier alpha value is -4.76. The number of carbonyl (C=O) groups excluding carboxylic acids is 1. The molecule has 2 amide bonds. The normalized spacial score (nSPS) is 15.3. The number of aromatic nitrogens is 4. The van der Waals surface area contributed by atoms with E-state index in [0.717, 1.165) is 58.3 Å². The van der Waals surface area contributed by atoms with Crippen molar-refractivity contribution in [3.05, 3.63) is 84.7 Å². The summed E-state index contributed by atoms with van der Waals surface area (Å²) in [4.78, 5) is 26.7. The fourth-order valence-corrected chi connectivity index (χ4v) is 5.63. The molecule has 3 heterocycles. The summed E-state index contributed by atoms with van der Waals surface area (Å²) in [6, 6.07) is 15.6. The van der Waals surface area contributed by atoms with Gasteiger partial charge in [0.15, 0.2) is 0 Å². The van der Waals surface area contributed by atoms with Crippen LogP contribution in [0.5, 0.6) is 0 Å². The highest BCUT2D eigenvalue weighted by Crippen LogP contribution is 2.39. The van der Waals surface area contributed by atoms with Gasteiger partial charge in [-0.15, -0.1) is 0 Å². The fraction of sp³-hybridized carbons (Fsp3) is 0.250. The first-order valence-corrected chi connectivity index (χ1v) is 14.0. The highest BCUT2D eigenvalue weighted by atomic mass is 16.2. The molecule has 0 radical (unpaired) electrons. The lowest BCUT2D eigenvalue weighted by molar-refractivity contribution is 0.262. The molecule has 41 heavy (non-hydrogen) atoms. The Balaban J connectivity index is 1.47. The van der Waals surface area contributed by atoms with Crippen molar-refractivity contribution in [3.8, 4) is 11.3 Å². The summed E-state index contributed by atoms with van der Waals surface area (Å²) in [7, 11) is 2.02. The van der Waals surface area contributed by atoms with Crippen LogP contribution in [-0.2, 0) is 0 Å². The summed E-state index contributed by atoms with van der Waals surface area (Å²) in [5.74, 6) is 1.55. The number of rotatable bonds is 6. The Morgan fingerprint density at radius 1 is 1.05 bits per heavy atom. The molecule has 0 saturated carbocycles. The van der Waals surface area contributed by atoms with Crippen molar-refractivity contribution in [2.75, 3.05) is 23.4 Å². The number of hydrogen-bond donors (Lipinski definition) is 4. The predicted molar refractivity (Wildman–Crippen MR) is 166 cm³/mol. The van der Waals surface area contributed by atoms with Crippen molar-refractivity contribution in [2.45, 2.75) is 45.1 Å². The molecule has 5 aromatic rings. The van der Waals surface area contributed by atoms with Gasteiger partial charge in [0, 0.05) is 41.0 Å². The number of hydrogen-bond acceptors (Lipinski definition) is 6. The zero-order valence-electron chi connectivity index (χ0n) is 23.5.